The van der Waals surface area contributed by atoms with Gasteiger partial charge in [-0.1, -0.05) is 29.7 Å². The van der Waals surface area contributed by atoms with Gasteiger partial charge in [-0.15, -0.1) is 6.42 Å². The van der Waals surface area contributed by atoms with E-state index in [-0.39, 0.29) is 6.61 Å². The molecule has 0 aliphatic rings. The van der Waals surface area contributed by atoms with E-state index in [0.29, 0.717) is 27.7 Å². The number of nitriles is 1. The summed E-state index contributed by atoms with van der Waals surface area (Å²) in [4.78, 5) is 0. The van der Waals surface area contributed by atoms with E-state index in [1.165, 1.54) is 0 Å². The molecule has 2 aromatic rings. The third-order valence-corrected chi connectivity index (χ3v) is 3.36. The third kappa shape index (κ3) is 4.30. The van der Waals surface area contributed by atoms with Crippen LogP contribution in [0.4, 0.5) is 0 Å². The average Bonchev–Trinajstić information content (AvgIpc) is 2.59. The van der Waals surface area contributed by atoms with E-state index in [1.54, 1.807) is 55.7 Å². The number of hydrogen-bond donors (Lipinski definition) is 0. The van der Waals surface area contributed by atoms with Gasteiger partial charge in [0.15, 0.2) is 0 Å². The van der Waals surface area contributed by atoms with Crippen molar-refractivity contribution in [2.24, 2.45) is 0 Å². The highest BCUT2D eigenvalue weighted by Gasteiger charge is 2.07. The lowest BCUT2D eigenvalue weighted by molar-refractivity contribution is 0.367. The van der Waals surface area contributed by atoms with Gasteiger partial charge in [-0.25, -0.2) is 0 Å². The van der Waals surface area contributed by atoms with Crippen LogP contribution >= 0.6 is 11.6 Å². The molecule has 0 unspecified atom stereocenters. The molecule has 0 bridgehead atoms. The first-order valence-corrected chi connectivity index (χ1v) is 7.17. The zero-order chi connectivity index (χ0) is 16.7. The number of halogens is 1. The summed E-state index contributed by atoms with van der Waals surface area (Å²) >= 11 is 5.88. The molecular weight excluding hydrogens is 310 g/mol. The Morgan fingerprint density at radius 1 is 1.26 bits per heavy atom. The number of allylic oxidation sites excluding steroid dienone is 1. The lowest BCUT2D eigenvalue weighted by Crippen LogP contribution is -1.96. The van der Waals surface area contributed by atoms with Crippen molar-refractivity contribution < 1.29 is 9.47 Å². The van der Waals surface area contributed by atoms with E-state index in [1.807, 2.05) is 0 Å². The number of terminal acetylenes is 1. The van der Waals surface area contributed by atoms with Crippen LogP contribution < -0.4 is 9.47 Å². The van der Waals surface area contributed by atoms with Crippen molar-refractivity contribution in [3.8, 4) is 29.9 Å². The Labute approximate surface area is 140 Å². The summed E-state index contributed by atoms with van der Waals surface area (Å²) in [5, 5.41) is 10.1. The molecule has 0 fully saturated rings. The maximum atomic E-state index is 9.45. The Balaban J connectivity index is 2.47. The number of rotatable bonds is 5. The van der Waals surface area contributed by atoms with Gasteiger partial charge in [-0.3, -0.25) is 0 Å². The summed E-state index contributed by atoms with van der Waals surface area (Å²) in [7, 11) is 1.58. The topological polar surface area (TPSA) is 42.2 Å². The Morgan fingerprint density at radius 3 is 2.61 bits per heavy atom. The molecule has 0 atom stereocenters. The highest BCUT2D eigenvalue weighted by atomic mass is 35.5. The smallest absolute Gasteiger partial charge is 0.148 e. The van der Waals surface area contributed by atoms with Gasteiger partial charge in [0.1, 0.15) is 18.1 Å². The molecular formula is C19H14ClNO2. The molecule has 0 spiro atoms. The number of hydrogen-bond acceptors (Lipinski definition) is 3. The van der Waals surface area contributed by atoms with Crippen LogP contribution in [0.5, 0.6) is 11.5 Å². The van der Waals surface area contributed by atoms with Gasteiger partial charge < -0.3 is 9.47 Å². The molecule has 2 aromatic carbocycles. The second kappa shape index (κ2) is 7.94. The van der Waals surface area contributed by atoms with Crippen LogP contribution in [0.1, 0.15) is 11.1 Å². The molecule has 0 aliphatic carbocycles. The highest BCUT2D eigenvalue weighted by Crippen LogP contribution is 2.29. The molecule has 0 radical (unpaired) electrons. The fraction of sp³-hybridized carbons (Fsp3) is 0.105. The lowest BCUT2D eigenvalue weighted by atomic mass is 10.0. The number of methoxy groups -OCH3 is 1. The number of nitrogens with zero attached hydrogens (tertiary/aromatic N) is 1. The molecule has 23 heavy (non-hydrogen) atoms. The van der Waals surface area contributed by atoms with E-state index in [0.717, 1.165) is 5.56 Å². The average molecular weight is 324 g/mol. The van der Waals surface area contributed by atoms with Crippen molar-refractivity contribution in [3.63, 3.8) is 0 Å². The van der Waals surface area contributed by atoms with Crippen LogP contribution in [-0.4, -0.2) is 13.7 Å². The van der Waals surface area contributed by atoms with Crippen LogP contribution in [-0.2, 0) is 0 Å². The molecule has 0 saturated heterocycles. The summed E-state index contributed by atoms with van der Waals surface area (Å²) in [6.07, 6.45) is 6.97. The van der Waals surface area contributed by atoms with Crippen molar-refractivity contribution in [1.82, 2.24) is 0 Å². The van der Waals surface area contributed by atoms with Gasteiger partial charge in [-0.2, -0.15) is 5.26 Å². The summed E-state index contributed by atoms with van der Waals surface area (Å²) in [6, 6.07) is 14.6. The van der Waals surface area contributed by atoms with E-state index in [2.05, 4.69) is 12.0 Å². The second-order valence-corrected chi connectivity index (χ2v) is 5.01. The summed E-state index contributed by atoms with van der Waals surface area (Å²) in [6.45, 7) is 0.149. The van der Waals surface area contributed by atoms with E-state index in [9.17, 15) is 5.26 Å². The van der Waals surface area contributed by atoms with Crippen molar-refractivity contribution in [2.45, 2.75) is 0 Å². The van der Waals surface area contributed by atoms with Gasteiger partial charge in [0.05, 0.1) is 18.8 Å². The first-order chi connectivity index (χ1) is 11.2. The first-order valence-electron chi connectivity index (χ1n) is 6.80. The van der Waals surface area contributed by atoms with Crippen molar-refractivity contribution in [1.29, 1.82) is 5.26 Å². The fourth-order valence-corrected chi connectivity index (χ4v) is 2.11. The van der Waals surface area contributed by atoms with Gasteiger partial charge in [0.2, 0.25) is 0 Å². The Kier molecular flexibility index (Phi) is 5.69. The fourth-order valence-electron chi connectivity index (χ4n) is 1.98. The molecule has 0 aromatic heterocycles. The zero-order valence-electron chi connectivity index (χ0n) is 12.5. The van der Waals surface area contributed by atoms with Crippen molar-refractivity contribution >= 4 is 23.3 Å². The van der Waals surface area contributed by atoms with E-state index >= 15 is 0 Å². The van der Waals surface area contributed by atoms with Crippen molar-refractivity contribution in [3.05, 3.63) is 58.6 Å². The number of benzene rings is 2. The first kappa shape index (κ1) is 16.5. The van der Waals surface area contributed by atoms with Crippen LogP contribution in [0.2, 0.25) is 5.02 Å². The minimum Gasteiger partial charge on any atom is -0.497 e. The minimum absolute atomic E-state index is 0.149. The standard InChI is InChI=1S/C19H14ClNO2/c1-3-10-23-19-9-8-18(22-2)12-15(19)11-16(13-21)14-4-6-17(20)7-5-14/h1,4-9,11-12H,10H2,2H3/b16-11+. The maximum absolute atomic E-state index is 9.45. The molecule has 0 N–H and O–H groups in total. The van der Waals surface area contributed by atoms with Gasteiger partial charge in [0.25, 0.3) is 0 Å². The molecule has 0 aliphatic heterocycles. The van der Waals surface area contributed by atoms with Crippen LogP contribution in [0.25, 0.3) is 11.6 Å². The summed E-state index contributed by atoms with van der Waals surface area (Å²) in [5.41, 5.74) is 1.97. The predicted molar refractivity (Wildman–Crippen MR) is 92.3 cm³/mol. The second-order valence-electron chi connectivity index (χ2n) is 4.57. The Hall–Kier alpha value is -2.88. The number of ether oxygens (including phenoxy) is 2. The Morgan fingerprint density at radius 2 is 2.00 bits per heavy atom. The molecule has 3 nitrogen and oxygen atoms in total. The Bertz CT molecular complexity index is 796. The molecule has 114 valence electrons. The van der Waals surface area contributed by atoms with Gasteiger partial charge in [-0.05, 0) is 42.0 Å². The predicted octanol–water partition coefficient (Wildman–Crippen LogP) is 4.42. The van der Waals surface area contributed by atoms with E-state index < -0.39 is 0 Å². The SMILES string of the molecule is C#CCOc1ccc(OC)cc1/C=C(\C#N)c1ccc(Cl)cc1. The zero-order valence-corrected chi connectivity index (χ0v) is 13.3. The molecule has 2 rings (SSSR count). The maximum Gasteiger partial charge on any atom is 0.148 e. The van der Waals surface area contributed by atoms with Crippen molar-refractivity contribution in [2.75, 3.05) is 13.7 Å². The largest absolute Gasteiger partial charge is 0.497 e. The quantitative estimate of drug-likeness (QED) is 0.464. The third-order valence-electron chi connectivity index (χ3n) is 3.10. The molecule has 0 amide bonds. The molecule has 0 saturated carbocycles. The van der Waals surface area contributed by atoms with Crippen LogP contribution in [0, 0.1) is 23.7 Å². The molecule has 4 heteroatoms. The van der Waals surface area contributed by atoms with Crippen LogP contribution in [0.3, 0.4) is 0 Å². The van der Waals surface area contributed by atoms with E-state index in [4.69, 9.17) is 27.5 Å². The lowest BCUT2D eigenvalue weighted by Gasteiger charge is -2.09. The summed E-state index contributed by atoms with van der Waals surface area (Å²) in [5.74, 6) is 3.68. The highest BCUT2D eigenvalue weighted by molar-refractivity contribution is 6.30. The van der Waals surface area contributed by atoms with Gasteiger partial charge in [0, 0.05) is 10.6 Å². The van der Waals surface area contributed by atoms with Crippen LogP contribution in [0.15, 0.2) is 42.5 Å². The normalized spacial score (nSPS) is 10.5. The monoisotopic (exact) mass is 323 g/mol. The molecule has 0 heterocycles. The van der Waals surface area contributed by atoms with Gasteiger partial charge >= 0.3 is 0 Å². The minimum atomic E-state index is 0.149. The summed E-state index contributed by atoms with van der Waals surface area (Å²) < 4.78 is 10.7.